The number of hydrogen-bond donors (Lipinski definition) is 0. The second-order valence-electron chi connectivity index (χ2n) is 5.96. The average Bonchev–Trinajstić information content (AvgIpc) is 2.63. The van der Waals surface area contributed by atoms with Gasteiger partial charge >= 0.3 is 0 Å². The number of sulfonamides is 1. The maximum atomic E-state index is 14.2. The first kappa shape index (κ1) is 23.0. The van der Waals surface area contributed by atoms with Crippen molar-refractivity contribution in [1.29, 1.82) is 0 Å². The van der Waals surface area contributed by atoms with E-state index in [2.05, 4.69) is 0 Å². The van der Waals surface area contributed by atoms with E-state index < -0.39 is 21.7 Å². The molecule has 0 heterocycles. The van der Waals surface area contributed by atoms with Gasteiger partial charge in [-0.1, -0.05) is 13.8 Å². The molecule has 0 N–H and O–H groups in total. The van der Waals surface area contributed by atoms with Gasteiger partial charge in [0.05, 0.1) is 17.0 Å². The van der Waals surface area contributed by atoms with Crippen LogP contribution in [0.15, 0.2) is 23.1 Å². The van der Waals surface area contributed by atoms with E-state index in [-0.39, 0.29) is 36.0 Å². The maximum absolute atomic E-state index is 14.2. The van der Waals surface area contributed by atoms with Crippen LogP contribution < -0.4 is 0 Å². The van der Waals surface area contributed by atoms with Crippen LogP contribution in [0.5, 0.6) is 0 Å². The molecule has 0 radical (unpaired) electrons. The molecule has 0 saturated carbocycles. The van der Waals surface area contributed by atoms with Crippen molar-refractivity contribution in [3.8, 4) is 0 Å². The van der Waals surface area contributed by atoms with Gasteiger partial charge in [0, 0.05) is 33.2 Å². The first-order chi connectivity index (χ1) is 12.6. The van der Waals surface area contributed by atoms with Crippen LogP contribution in [0.1, 0.15) is 38.1 Å². The zero-order valence-corrected chi connectivity index (χ0v) is 17.3. The fourth-order valence-corrected chi connectivity index (χ4v) is 4.18. The summed E-state index contributed by atoms with van der Waals surface area (Å²) in [4.78, 5) is 27.3. The van der Waals surface area contributed by atoms with Crippen LogP contribution in [0.25, 0.3) is 0 Å². The number of benzene rings is 1. The highest BCUT2D eigenvalue weighted by atomic mass is 32.2. The van der Waals surface area contributed by atoms with Crippen molar-refractivity contribution in [3.05, 3.63) is 29.6 Å². The van der Waals surface area contributed by atoms with Crippen LogP contribution in [0.3, 0.4) is 0 Å². The molecular weight excluding hydrogens is 373 g/mol. The van der Waals surface area contributed by atoms with Gasteiger partial charge in [-0.05, 0) is 32.0 Å². The molecule has 152 valence electrons. The molecule has 1 rings (SSSR count). The average molecular weight is 402 g/mol. The van der Waals surface area contributed by atoms with Crippen molar-refractivity contribution in [2.75, 3.05) is 39.8 Å². The van der Waals surface area contributed by atoms with Crippen LogP contribution in [0.4, 0.5) is 4.39 Å². The first-order valence-electron chi connectivity index (χ1n) is 8.96. The van der Waals surface area contributed by atoms with Gasteiger partial charge in [-0.3, -0.25) is 9.59 Å². The Kier molecular flexibility index (Phi) is 8.36. The summed E-state index contributed by atoms with van der Waals surface area (Å²) in [6.45, 7) is 8.36. The number of hydrogen-bond acceptors (Lipinski definition) is 4. The summed E-state index contributed by atoms with van der Waals surface area (Å²) >= 11 is 0. The minimum atomic E-state index is -3.82. The standard InChI is InChI=1S/C18H28FN3O4S/c1-6-21(7-2)17(23)13-20(5)18(24)15-12-14(10-11-16(15)19)27(25,26)22(8-3)9-4/h10-12H,6-9,13H2,1-5H3. The topological polar surface area (TPSA) is 78.0 Å². The summed E-state index contributed by atoms with van der Waals surface area (Å²) < 4.78 is 40.7. The number of halogens is 1. The highest BCUT2D eigenvalue weighted by Crippen LogP contribution is 2.20. The Bertz CT molecular complexity index is 775. The third-order valence-electron chi connectivity index (χ3n) is 4.35. The predicted octanol–water partition coefficient (Wildman–Crippen LogP) is 1.80. The maximum Gasteiger partial charge on any atom is 0.257 e. The van der Waals surface area contributed by atoms with Gasteiger partial charge in [0.15, 0.2) is 0 Å². The Balaban J connectivity index is 3.16. The van der Waals surface area contributed by atoms with E-state index in [0.29, 0.717) is 13.1 Å². The molecule has 1 aromatic rings. The van der Waals surface area contributed by atoms with Crippen LogP contribution in [-0.2, 0) is 14.8 Å². The van der Waals surface area contributed by atoms with Crippen LogP contribution in [0, 0.1) is 5.82 Å². The fraction of sp³-hybridized carbons (Fsp3) is 0.556. The molecular formula is C18H28FN3O4S. The van der Waals surface area contributed by atoms with Gasteiger partial charge in [0.2, 0.25) is 15.9 Å². The third-order valence-corrected chi connectivity index (χ3v) is 6.39. The lowest BCUT2D eigenvalue weighted by molar-refractivity contribution is -0.131. The molecule has 0 spiro atoms. The normalized spacial score (nSPS) is 11.5. The monoisotopic (exact) mass is 401 g/mol. The molecule has 0 atom stereocenters. The summed E-state index contributed by atoms with van der Waals surface area (Å²) in [5, 5.41) is 0. The summed E-state index contributed by atoms with van der Waals surface area (Å²) in [5.41, 5.74) is -0.377. The first-order valence-corrected chi connectivity index (χ1v) is 10.4. The van der Waals surface area contributed by atoms with Crippen molar-refractivity contribution < 1.29 is 22.4 Å². The fourth-order valence-electron chi connectivity index (χ4n) is 2.70. The van der Waals surface area contributed by atoms with E-state index in [4.69, 9.17) is 0 Å². The Morgan fingerprint density at radius 3 is 2.04 bits per heavy atom. The smallest absolute Gasteiger partial charge is 0.257 e. The van der Waals surface area contributed by atoms with Crippen LogP contribution in [0.2, 0.25) is 0 Å². The third kappa shape index (κ3) is 5.26. The van der Waals surface area contributed by atoms with Crippen LogP contribution >= 0.6 is 0 Å². The van der Waals surface area contributed by atoms with Gasteiger partial charge < -0.3 is 9.80 Å². The van der Waals surface area contributed by atoms with Gasteiger partial charge in [-0.15, -0.1) is 0 Å². The second-order valence-corrected chi connectivity index (χ2v) is 7.90. The zero-order chi connectivity index (χ0) is 20.8. The van der Waals surface area contributed by atoms with E-state index in [1.54, 1.807) is 18.7 Å². The van der Waals surface area contributed by atoms with E-state index in [9.17, 15) is 22.4 Å². The molecule has 0 aliphatic carbocycles. The Morgan fingerprint density at radius 2 is 1.56 bits per heavy atom. The molecule has 7 nitrogen and oxygen atoms in total. The highest BCUT2D eigenvalue weighted by molar-refractivity contribution is 7.89. The van der Waals surface area contributed by atoms with Gasteiger partial charge in [0.25, 0.3) is 5.91 Å². The van der Waals surface area contributed by atoms with E-state index >= 15 is 0 Å². The summed E-state index contributed by atoms with van der Waals surface area (Å²) in [6.07, 6.45) is 0. The molecule has 0 aliphatic heterocycles. The van der Waals surface area contributed by atoms with Crippen molar-refractivity contribution in [3.63, 3.8) is 0 Å². The largest absolute Gasteiger partial charge is 0.342 e. The molecule has 1 aromatic carbocycles. The molecule has 2 amide bonds. The van der Waals surface area contributed by atoms with Gasteiger partial charge in [-0.25, -0.2) is 12.8 Å². The van der Waals surface area contributed by atoms with Crippen molar-refractivity contribution in [1.82, 2.24) is 14.1 Å². The number of carbonyl (C=O) groups is 2. The van der Waals surface area contributed by atoms with E-state index in [1.165, 1.54) is 11.4 Å². The van der Waals surface area contributed by atoms with E-state index in [1.807, 2.05) is 13.8 Å². The van der Waals surface area contributed by atoms with Gasteiger partial charge in [-0.2, -0.15) is 4.31 Å². The number of likely N-dealkylation sites (N-methyl/N-ethyl adjacent to an activating group) is 2. The number of rotatable bonds is 9. The molecule has 9 heteroatoms. The summed E-state index contributed by atoms with van der Waals surface area (Å²) in [5.74, 6) is -1.84. The SMILES string of the molecule is CCN(CC)C(=O)CN(C)C(=O)c1cc(S(=O)(=O)N(CC)CC)ccc1F. The summed E-state index contributed by atoms with van der Waals surface area (Å²) in [7, 11) is -2.44. The quantitative estimate of drug-likeness (QED) is 0.632. The minimum absolute atomic E-state index is 0.153. The molecule has 0 saturated heterocycles. The lowest BCUT2D eigenvalue weighted by atomic mass is 10.2. The van der Waals surface area contributed by atoms with Crippen LogP contribution in [-0.4, -0.2) is 74.1 Å². The zero-order valence-electron chi connectivity index (χ0n) is 16.5. The Morgan fingerprint density at radius 1 is 1.00 bits per heavy atom. The molecule has 0 unspecified atom stereocenters. The minimum Gasteiger partial charge on any atom is -0.342 e. The molecule has 0 aliphatic rings. The molecule has 27 heavy (non-hydrogen) atoms. The highest BCUT2D eigenvalue weighted by Gasteiger charge is 2.26. The Labute approximate surface area is 160 Å². The van der Waals surface area contributed by atoms with Crippen molar-refractivity contribution in [2.45, 2.75) is 32.6 Å². The number of amides is 2. The van der Waals surface area contributed by atoms with Crippen molar-refractivity contribution >= 4 is 21.8 Å². The number of nitrogens with zero attached hydrogens (tertiary/aromatic N) is 3. The van der Waals surface area contributed by atoms with Gasteiger partial charge in [0.1, 0.15) is 5.82 Å². The van der Waals surface area contributed by atoms with E-state index in [0.717, 1.165) is 23.1 Å². The predicted molar refractivity (Wildman–Crippen MR) is 101 cm³/mol. The summed E-state index contributed by atoms with van der Waals surface area (Å²) in [6, 6.07) is 3.13. The Hall–Kier alpha value is -2.00. The molecule has 0 aromatic heterocycles. The number of carbonyl (C=O) groups excluding carboxylic acids is 2. The lowest BCUT2D eigenvalue weighted by Crippen LogP contribution is -2.41. The second kappa shape index (κ2) is 9.80. The molecule has 0 bridgehead atoms. The molecule has 0 fully saturated rings. The lowest BCUT2D eigenvalue weighted by Gasteiger charge is -2.23. The van der Waals surface area contributed by atoms with Crippen molar-refractivity contribution in [2.24, 2.45) is 0 Å².